The van der Waals surface area contributed by atoms with Crippen LogP contribution in [0.3, 0.4) is 0 Å². The molecule has 0 saturated heterocycles. The Kier molecular flexibility index (Phi) is 5.54. The maximum atomic E-state index is 11.8. The van der Waals surface area contributed by atoms with Crippen LogP contribution in [0.2, 0.25) is 0 Å². The van der Waals surface area contributed by atoms with Crippen molar-refractivity contribution in [3.63, 3.8) is 0 Å². The average molecular weight is 268 g/mol. The molecule has 0 fully saturated rings. The van der Waals surface area contributed by atoms with Crippen molar-refractivity contribution in [2.75, 3.05) is 13.2 Å². The number of rotatable bonds is 6. The molecule has 0 heterocycles. The molecule has 0 radical (unpaired) electrons. The Morgan fingerprint density at radius 2 is 1.78 bits per heavy atom. The minimum absolute atomic E-state index is 0.191. The molecule has 0 N–H and O–H groups in total. The van der Waals surface area contributed by atoms with Crippen LogP contribution < -0.4 is 4.74 Å². The summed E-state index contributed by atoms with van der Waals surface area (Å²) in [6.07, 6.45) is 0. The third-order valence-electron chi connectivity index (χ3n) is 2.27. The Bertz CT molecular complexity index is 385. The monoisotopic (exact) mass is 268 g/mol. The second-order valence-corrected chi connectivity index (χ2v) is 5.93. The van der Waals surface area contributed by atoms with E-state index in [9.17, 15) is 4.79 Å². The Morgan fingerprint density at radius 3 is 2.28 bits per heavy atom. The average Bonchev–Trinajstić information content (AvgIpc) is 2.32. The fraction of sp³-hybridized carbons (Fsp3) is 0.500. The highest BCUT2D eigenvalue weighted by Gasteiger charge is 2.30. The highest BCUT2D eigenvalue weighted by molar-refractivity contribution is 8.01. The van der Waals surface area contributed by atoms with Gasteiger partial charge >= 0.3 is 5.97 Å². The first kappa shape index (κ1) is 14.9. The maximum Gasteiger partial charge on any atom is 0.321 e. The van der Waals surface area contributed by atoms with Crippen molar-refractivity contribution in [3.8, 4) is 5.75 Å². The van der Waals surface area contributed by atoms with Crippen LogP contribution in [-0.2, 0) is 9.53 Å². The molecule has 3 nitrogen and oxygen atoms in total. The molecule has 0 aliphatic heterocycles. The van der Waals surface area contributed by atoms with Crippen LogP contribution >= 0.6 is 11.8 Å². The predicted octanol–water partition coefficient (Wildman–Crippen LogP) is 3.52. The Balaban J connectivity index is 2.68. The summed E-state index contributed by atoms with van der Waals surface area (Å²) in [6, 6.07) is 7.73. The molecule has 4 heteroatoms. The SMILES string of the molecule is CCOC(=O)C(C)(C)Sc1ccc(OCC)cc1. The molecule has 1 aromatic rings. The van der Waals surface area contributed by atoms with Gasteiger partial charge in [-0.05, 0) is 52.0 Å². The van der Waals surface area contributed by atoms with Crippen LogP contribution in [0.25, 0.3) is 0 Å². The van der Waals surface area contributed by atoms with Crippen LogP contribution in [0.4, 0.5) is 0 Å². The lowest BCUT2D eigenvalue weighted by molar-refractivity contribution is -0.145. The van der Waals surface area contributed by atoms with Gasteiger partial charge in [-0.1, -0.05) is 0 Å². The smallest absolute Gasteiger partial charge is 0.321 e. The topological polar surface area (TPSA) is 35.5 Å². The Labute approximate surface area is 113 Å². The van der Waals surface area contributed by atoms with Crippen molar-refractivity contribution in [2.45, 2.75) is 37.3 Å². The molecule has 0 saturated carbocycles. The first-order valence-corrected chi connectivity index (χ1v) is 6.90. The molecule has 0 atom stereocenters. The number of ether oxygens (including phenoxy) is 2. The summed E-state index contributed by atoms with van der Waals surface area (Å²) in [5.74, 6) is 0.652. The molecule has 0 amide bonds. The van der Waals surface area contributed by atoms with Crippen molar-refractivity contribution >= 4 is 17.7 Å². The van der Waals surface area contributed by atoms with E-state index in [2.05, 4.69) is 0 Å². The lowest BCUT2D eigenvalue weighted by Crippen LogP contribution is -2.29. The largest absolute Gasteiger partial charge is 0.494 e. The number of carbonyl (C=O) groups is 1. The zero-order valence-corrected chi connectivity index (χ0v) is 12.2. The fourth-order valence-electron chi connectivity index (χ4n) is 1.41. The molecule has 0 bridgehead atoms. The normalized spacial score (nSPS) is 11.1. The number of esters is 1. The molecule has 0 aliphatic rings. The summed E-state index contributed by atoms with van der Waals surface area (Å²) < 4.78 is 9.85. The summed E-state index contributed by atoms with van der Waals surface area (Å²) in [4.78, 5) is 12.8. The van der Waals surface area contributed by atoms with Crippen molar-refractivity contribution in [1.82, 2.24) is 0 Å². The summed E-state index contributed by atoms with van der Waals surface area (Å²) >= 11 is 1.49. The Morgan fingerprint density at radius 1 is 1.17 bits per heavy atom. The number of hydrogen-bond donors (Lipinski definition) is 0. The zero-order valence-electron chi connectivity index (χ0n) is 11.4. The van der Waals surface area contributed by atoms with E-state index in [4.69, 9.17) is 9.47 Å². The lowest BCUT2D eigenvalue weighted by atomic mass is 10.2. The van der Waals surface area contributed by atoms with Gasteiger partial charge in [0.05, 0.1) is 13.2 Å². The molecule has 0 aromatic heterocycles. The third kappa shape index (κ3) is 4.26. The minimum Gasteiger partial charge on any atom is -0.494 e. The van der Waals surface area contributed by atoms with Crippen molar-refractivity contribution in [1.29, 1.82) is 0 Å². The fourth-order valence-corrected chi connectivity index (χ4v) is 2.42. The molecule has 1 rings (SSSR count). The number of thioether (sulfide) groups is 1. The highest BCUT2D eigenvalue weighted by Crippen LogP contribution is 2.34. The first-order chi connectivity index (χ1) is 8.49. The summed E-state index contributed by atoms with van der Waals surface area (Å²) in [7, 11) is 0. The van der Waals surface area contributed by atoms with Gasteiger partial charge in [0.25, 0.3) is 0 Å². The molecule has 0 unspecified atom stereocenters. The second-order valence-electron chi connectivity index (χ2n) is 4.24. The van der Waals surface area contributed by atoms with E-state index >= 15 is 0 Å². The second kappa shape index (κ2) is 6.69. The van der Waals surface area contributed by atoms with Gasteiger partial charge < -0.3 is 9.47 Å². The lowest BCUT2D eigenvalue weighted by Gasteiger charge is -2.21. The third-order valence-corrected chi connectivity index (χ3v) is 3.46. The van der Waals surface area contributed by atoms with Gasteiger partial charge in [-0.25, -0.2) is 0 Å². The molecule has 18 heavy (non-hydrogen) atoms. The highest BCUT2D eigenvalue weighted by atomic mass is 32.2. The molecular weight excluding hydrogens is 248 g/mol. The van der Waals surface area contributed by atoms with E-state index in [1.54, 1.807) is 0 Å². The van der Waals surface area contributed by atoms with Crippen molar-refractivity contribution < 1.29 is 14.3 Å². The van der Waals surface area contributed by atoms with Gasteiger partial charge in [-0.3, -0.25) is 4.79 Å². The van der Waals surface area contributed by atoms with E-state index in [-0.39, 0.29) is 5.97 Å². The van der Waals surface area contributed by atoms with E-state index in [1.165, 1.54) is 11.8 Å². The van der Waals surface area contributed by atoms with Crippen molar-refractivity contribution in [2.24, 2.45) is 0 Å². The van der Waals surface area contributed by atoms with Crippen LogP contribution in [-0.4, -0.2) is 23.9 Å². The molecule has 0 aliphatic carbocycles. The van der Waals surface area contributed by atoms with Gasteiger partial charge in [0.15, 0.2) is 0 Å². The quantitative estimate of drug-likeness (QED) is 0.584. The van der Waals surface area contributed by atoms with Crippen LogP contribution in [0, 0.1) is 0 Å². The van der Waals surface area contributed by atoms with Crippen LogP contribution in [0.5, 0.6) is 5.75 Å². The summed E-state index contributed by atoms with van der Waals surface area (Å²) in [5.41, 5.74) is 0. The zero-order chi connectivity index (χ0) is 13.6. The summed E-state index contributed by atoms with van der Waals surface area (Å²) in [5, 5.41) is 0. The van der Waals surface area contributed by atoms with Crippen molar-refractivity contribution in [3.05, 3.63) is 24.3 Å². The van der Waals surface area contributed by atoms with Gasteiger partial charge in [-0.15, -0.1) is 11.8 Å². The predicted molar refractivity (Wildman–Crippen MR) is 74.2 cm³/mol. The molecule has 100 valence electrons. The van der Waals surface area contributed by atoms with Gasteiger partial charge in [0, 0.05) is 4.90 Å². The van der Waals surface area contributed by atoms with Gasteiger partial charge in [0.2, 0.25) is 0 Å². The van der Waals surface area contributed by atoms with E-state index < -0.39 is 4.75 Å². The van der Waals surface area contributed by atoms with E-state index in [0.29, 0.717) is 13.2 Å². The van der Waals surface area contributed by atoms with E-state index in [0.717, 1.165) is 10.6 Å². The first-order valence-electron chi connectivity index (χ1n) is 6.08. The van der Waals surface area contributed by atoms with Gasteiger partial charge in [0.1, 0.15) is 10.5 Å². The Hall–Kier alpha value is -1.16. The molecular formula is C14H20O3S. The standard InChI is InChI=1S/C14H20O3S/c1-5-16-11-7-9-12(10-8-11)18-14(3,4)13(15)17-6-2/h7-10H,5-6H2,1-4H3. The maximum absolute atomic E-state index is 11.8. The minimum atomic E-state index is -0.580. The van der Waals surface area contributed by atoms with Crippen LogP contribution in [0.1, 0.15) is 27.7 Å². The molecule has 1 aromatic carbocycles. The van der Waals surface area contributed by atoms with Gasteiger partial charge in [-0.2, -0.15) is 0 Å². The molecule has 0 spiro atoms. The summed E-state index contributed by atoms with van der Waals surface area (Å²) in [6.45, 7) is 8.56. The van der Waals surface area contributed by atoms with E-state index in [1.807, 2.05) is 52.0 Å². The number of hydrogen-bond acceptors (Lipinski definition) is 4. The number of benzene rings is 1. The van der Waals surface area contributed by atoms with Crippen LogP contribution in [0.15, 0.2) is 29.2 Å². The number of carbonyl (C=O) groups excluding carboxylic acids is 1.